The van der Waals surface area contributed by atoms with E-state index in [-0.39, 0.29) is 11.6 Å². The number of fused-ring (bicyclic) bond motifs is 1. The van der Waals surface area contributed by atoms with Gasteiger partial charge in [0.1, 0.15) is 10.7 Å². The fourth-order valence-corrected chi connectivity index (χ4v) is 3.81. The van der Waals surface area contributed by atoms with Crippen LogP contribution in [-0.4, -0.2) is 9.97 Å². The van der Waals surface area contributed by atoms with Crippen molar-refractivity contribution in [3.63, 3.8) is 0 Å². The van der Waals surface area contributed by atoms with E-state index in [1.807, 2.05) is 73.0 Å². The molecule has 0 amide bonds. The number of hydrogen-bond donors (Lipinski definition) is 2. The summed E-state index contributed by atoms with van der Waals surface area (Å²) in [6, 6.07) is 19.7. The number of hydrogen-bond acceptors (Lipinski definition) is 4. The lowest BCUT2D eigenvalue weighted by Gasteiger charge is -2.14. The topological polar surface area (TPSA) is 57.8 Å². The number of nitrogens with one attached hydrogen (secondary N) is 2. The van der Waals surface area contributed by atoms with E-state index in [0.29, 0.717) is 11.2 Å². The quantitative estimate of drug-likeness (QED) is 0.556. The van der Waals surface area contributed by atoms with Gasteiger partial charge in [-0.1, -0.05) is 48.5 Å². The van der Waals surface area contributed by atoms with Gasteiger partial charge >= 0.3 is 0 Å². The third-order valence-corrected chi connectivity index (χ3v) is 4.99. The Labute approximate surface area is 149 Å². The minimum atomic E-state index is -0.0956. The third-order valence-electron chi connectivity index (χ3n) is 4.11. The van der Waals surface area contributed by atoms with Crippen LogP contribution in [-0.2, 0) is 0 Å². The Bertz CT molecular complexity index is 1050. The highest BCUT2D eigenvalue weighted by Crippen LogP contribution is 2.31. The summed E-state index contributed by atoms with van der Waals surface area (Å²) in [5.74, 6) is 0.641. The largest absolute Gasteiger partial charge is 0.375 e. The molecule has 0 radical (unpaired) electrons. The summed E-state index contributed by atoms with van der Waals surface area (Å²) in [5, 5.41) is 6.02. The third kappa shape index (κ3) is 3.06. The van der Waals surface area contributed by atoms with Crippen molar-refractivity contribution in [2.45, 2.75) is 13.0 Å². The van der Waals surface area contributed by atoms with Crippen LogP contribution in [0.3, 0.4) is 0 Å². The smallest absolute Gasteiger partial charge is 0.260 e. The van der Waals surface area contributed by atoms with Crippen LogP contribution in [0.5, 0.6) is 0 Å². The van der Waals surface area contributed by atoms with Gasteiger partial charge in [0, 0.05) is 16.6 Å². The van der Waals surface area contributed by atoms with Crippen molar-refractivity contribution in [1.29, 1.82) is 0 Å². The average molecular weight is 347 g/mol. The van der Waals surface area contributed by atoms with Crippen LogP contribution in [0.1, 0.15) is 18.8 Å². The summed E-state index contributed by atoms with van der Waals surface area (Å²) in [7, 11) is 0. The summed E-state index contributed by atoms with van der Waals surface area (Å²) in [5.41, 5.74) is 2.87. The number of nitrogens with zero attached hydrogens (tertiary/aromatic N) is 1. The zero-order valence-corrected chi connectivity index (χ0v) is 14.5. The Morgan fingerprint density at radius 3 is 2.44 bits per heavy atom. The highest BCUT2D eigenvalue weighted by Gasteiger charge is 2.15. The summed E-state index contributed by atoms with van der Waals surface area (Å²) in [6.07, 6.45) is 0. The van der Waals surface area contributed by atoms with Crippen LogP contribution >= 0.6 is 11.3 Å². The van der Waals surface area contributed by atoms with Crippen LogP contribution in [0.15, 0.2) is 70.8 Å². The van der Waals surface area contributed by atoms with Gasteiger partial charge in [0.15, 0.2) is 0 Å². The van der Waals surface area contributed by atoms with Crippen molar-refractivity contribution in [2.75, 3.05) is 5.32 Å². The molecule has 0 saturated carbocycles. The molecule has 0 aliphatic carbocycles. The Morgan fingerprint density at radius 2 is 1.72 bits per heavy atom. The van der Waals surface area contributed by atoms with Crippen LogP contribution in [0.2, 0.25) is 0 Å². The van der Waals surface area contributed by atoms with E-state index >= 15 is 0 Å². The molecule has 2 N–H and O–H groups in total. The van der Waals surface area contributed by atoms with Gasteiger partial charge < -0.3 is 10.3 Å². The fraction of sp³-hybridized carbons (Fsp3) is 0.100. The molecule has 0 aliphatic rings. The van der Waals surface area contributed by atoms with Crippen molar-refractivity contribution in [3.05, 3.63) is 82.2 Å². The van der Waals surface area contributed by atoms with Crippen molar-refractivity contribution >= 4 is 27.2 Å². The minimum Gasteiger partial charge on any atom is -0.375 e. The summed E-state index contributed by atoms with van der Waals surface area (Å²) < 4.78 is 0. The monoisotopic (exact) mass is 347 g/mol. The first-order valence-electron chi connectivity index (χ1n) is 8.11. The molecule has 0 spiro atoms. The second-order valence-corrected chi connectivity index (χ2v) is 6.74. The van der Waals surface area contributed by atoms with E-state index in [1.165, 1.54) is 11.3 Å². The van der Waals surface area contributed by atoms with Gasteiger partial charge in [-0.15, -0.1) is 11.3 Å². The average Bonchev–Trinajstić information content (AvgIpc) is 3.08. The van der Waals surface area contributed by atoms with E-state index in [1.54, 1.807) is 0 Å². The lowest BCUT2D eigenvalue weighted by molar-refractivity contribution is 0.793. The first-order chi connectivity index (χ1) is 12.2. The molecule has 25 heavy (non-hydrogen) atoms. The Morgan fingerprint density at radius 1 is 1.04 bits per heavy atom. The molecule has 0 unspecified atom stereocenters. The molecule has 4 rings (SSSR count). The molecular formula is C20H17N3OS. The molecule has 0 bridgehead atoms. The molecule has 2 aromatic carbocycles. The highest BCUT2D eigenvalue weighted by molar-refractivity contribution is 7.17. The minimum absolute atomic E-state index is 0.0955. The lowest BCUT2D eigenvalue weighted by Crippen LogP contribution is -2.17. The van der Waals surface area contributed by atoms with Crippen molar-refractivity contribution in [1.82, 2.24) is 9.97 Å². The van der Waals surface area contributed by atoms with Crippen molar-refractivity contribution in [3.8, 4) is 11.1 Å². The molecule has 2 aromatic heterocycles. The second kappa shape index (κ2) is 6.53. The zero-order chi connectivity index (χ0) is 17.2. The SMILES string of the molecule is C[C@@H](Nc1ccccc1)c1nc2scc(-c3ccccc3)c2c(=O)[nH]1. The number of benzene rings is 2. The van der Waals surface area contributed by atoms with E-state index in [0.717, 1.165) is 21.6 Å². The fourth-order valence-electron chi connectivity index (χ4n) is 2.85. The van der Waals surface area contributed by atoms with Crippen LogP contribution in [0, 0.1) is 0 Å². The van der Waals surface area contributed by atoms with E-state index in [9.17, 15) is 4.79 Å². The van der Waals surface area contributed by atoms with Gasteiger partial charge in [-0.3, -0.25) is 4.79 Å². The van der Waals surface area contributed by atoms with Crippen LogP contribution < -0.4 is 10.9 Å². The summed E-state index contributed by atoms with van der Waals surface area (Å²) in [6.45, 7) is 1.99. The van der Waals surface area contributed by atoms with Gasteiger partial charge in [-0.05, 0) is 24.6 Å². The maximum absolute atomic E-state index is 12.7. The maximum atomic E-state index is 12.7. The predicted molar refractivity (Wildman–Crippen MR) is 104 cm³/mol. The second-order valence-electron chi connectivity index (χ2n) is 5.88. The molecule has 4 aromatic rings. The summed E-state index contributed by atoms with van der Waals surface area (Å²) >= 11 is 1.50. The van der Waals surface area contributed by atoms with E-state index in [4.69, 9.17) is 0 Å². The number of rotatable bonds is 4. The normalized spacial score (nSPS) is 12.2. The molecule has 4 nitrogen and oxygen atoms in total. The van der Waals surface area contributed by atoms with Crippen LogP contribution in [0.25, 0.3) is 21.3 Å². The molecule has 2 heterocycles. The van der Waals surface area contributed by atoms with Gasteiger partial charge in [0.05, 0.1) is 11.4 Å². The maximum Gasteiger partial charge on any atom is 0.260 e. The number of H-pyrrole nitrogens is 1. The predicted octanol–water partition coefficient (Wildman–Crippen LogP) is 4.82. The number of aromatic nitrogens is 2. The number of thiophene rings is 1. The number of anilines is 1. The first-order valence-corrected chi connectivity index (χ1v) is 8.99. The van der Waals surface area contributed by atoms with Gasteiger partial charge in [-0.2, -0.15) is 0 Å². The lowest BCUT2D eigenvalue weighted by atomic mass is 10.1. The van der Waals surface area contributed by atoms with Crippen molar-refractivity contribution < 1.29 is 0 Å². The molecule has 0 saturated heterocycles. The van der Waals surface area contributed by atoms with Gasteiger partial charge in [0.25, 0.3) is 5.56 Å². The Kier molecular flexibility index (Phi) is 4.07. The van der Waals surface area contributed by atoms with E-state index in [2.05, 4.69) is 15.3 Å². The molecule has 1 atom stereocenters. The molecule has 5 heteroatoms. The Balaban J connectivity index is 1.73. The van der Waals surface area contributed by atoms with Crippen LogP contribution in [0.4, 0.5) is 5.69 Å². The molecule has 0 fully saturated rings. The summed E-state index contributed by atoms with van der Waals surface area (Å²) in [4.78, 5) is 21.1. The zero-order valence-electron chi connectivity index (χ0n) is 13.7. The van der Waals surface area contributed by atoms with Gasteiger partial charge in [0.2, 0.25) is 0 Å². The standard InChI is InChI=1S/C20H17N3OS/c1-13(21-15-10-6-3-7-11-15)18-22-19(24)17-16(12-25-20(17)23-18)14-8-4-2-5-9-14/h2-13,21H,1H3,(H,22,23,24)/t13-/m1/s1. The number of aromatic amines is 1. The molecule has 124 valence electrons. The molecule has 0 aliphatic heterocycles. The molecular weight excluding hydrogens is 330 g/mol. The first kappa shape index (κ1) is 15.6. The Hall–Kier alpha value is -2.92. The van der Waals surface area contributed by atoms with Gasteiger partial charge in [-0.25, -0.2) is 4.98 Å². The van der Waals surface area contributed by atoms with E-state index < -0.39 is 0 Å². The highest BCUT2D eigenvalue weighted by atomic mass is 32.1. The number of para-hydroxylation sites is 1. The van der Waals surface area contributed by atoms with Crippen molar-refractivity contribution in [2.24, 2.45) is 0 Å².